The van der Waals surface area contributed by atoms with E-state index in [4.69, 9.17) is 4.74 Å². The predicted octanol–water partition coefficient (Wildman–Crippen LogP) is 3.80. The monoisotopic (exact) mass is 508 g/mol. The van der Waals surface area contributed by atoms with E-state index in [1.54, 1.807) is 17.2 Å². The van der Waals surface area contributed by atoms with Gasteiger partial charge in [0, 0.05) is 49.0 Å². The first kappa shape index (κ1) is 25.1. The quantitative estimate of drug-likeness (QED) is 0.461. The Morgan fingerprint density at radius 3 is 2.70 bits per heavy atom. The van der Waals surface area contributed by atoms with Gasteiger partial charge in [-0.2, -0.15) is 4.98 Å². The lowest BCUT2D eigenvalue weighted by atomic mass is 9.92. The van der Waals surface area contributed by atoms with Crippen LogP contribution in [0.2, 0.25) is 0 Å². The molecule has 0 amide bonds. The summed E-state index contributed by atoms with van der Waals surface area (Å²) in [6, 6.07) is 8.10. The van der Waals surface area contributed by atoms with Crippen LogP contribution < -0.4 is 15.1 Å². The van der Waals surface area contributed by atoms with E-state index in [0.29, 0.717) is 48.8 Å². The lowest BCUT2D eigenvalue weighted by molar-refractivity contribution is -0.141. The van der Waals surface area contributed by atoms with Gasteiger partial charge in [0.15, 0.2) is 0 Å². The van der Waals surface area contributed by atoms with Gasteiger partial charge < -0.3 is 25.0 Å². The van der Waals surface area contributed by atoms with Crippen molar-refractivity contribution in [2.45, 2.75) is 44.9 Å². The number of aliphatic hydroxyl groups is 1. The van der Waals surface area contributed by atoms with Gasteiger partial charge in [-0.15, -0.1) is 0 Å². The number of alkyl halides is 1. The molecule has 2 fully saturated rings. The molecule has 1 aromatic carbocycles. The average molecular weight is 509 g/mol. The summed E-state index contributed by atoms with van der Waals surface area (Å²) in [6.07, 6.45) is 2.04. The number of aliphatic hydroxyl groups excluding tert-OH is 1. The van der Waals surface area contributed by atoms with E-state index >= 15 is 0 Å². The molecule has 196 valence electrons. The number of piperidine rings is 1. The summed E-state index contributed by atoms with van der Waals surface area (Å²) in [7, 11) is 1.43. The molecule has 37 heavy (non-hydrogen) atoms. The molecule has 2 aliphatic heterocycles. The van der Waals surface area contributed by atoms with Crippen molar-refractivity contribution >= 4 is 40.0 Å². The Hall–Kier alpha value is -3.53. The fraction of sp³-hybridized carbons (Fsp3) is 0.481. The van der Waals surface area contributed by atoms with Gasteiger partial charge in [0.05, 0.1) is 26.2 Å². The summed E-state index contributed by atoms with van der Waals surface area (Å²) in [6.45, 7) is 6.52. The maximum absolute atomic E-state index is 14.0. The summed E-state index contributed by atoms with van der Waals surface area (Å²) in [5.74, 6) is 2.09. The van der Waals surface area contributed by atoms with Gasteiger partial charge in [0.25, 0.3) is 0 Å². The first-order valence-corrected chi connectivity index (χ1v) is 12.7. The van der Waals surface area contributed by atoms with Gasteiger partial charge in [0.2, 0.25) is 5.95 Å². The van der Waals surface area contributed by atoms with Crippen LogP contribution >= 0.6 is 0 Å². The van der Waals surface area contributed by atoms with Gasteiger partial charge in [-0.25, -0.2) is 14.4 Å². The number of rotatable bonds is 7. The number of methoxy groups -OCH3 is 1. The number of nitrogens with one attached hydrogen (secondary N) is 1. The topological polar surface area (TPSA) is 104 Å². The molecule has 2 aromatic heterocycles. The molecular formula is C27H33FN6O3. The zero-order chi connectivity index (χ0) is 26.1. The third kappa shape index (κ3) is 5.29. The molecule has 3 aromatic rings. The molecule has 0 radical (unpaired) electrons. The van der Waals surface area contributed by atoms with Crippen molar-refractivity contribution in [2.24, 2.45) is 5.92 Å². The van der Waals surface area contributed by atoms with Crippen molar-refractivity contribution < 1.29 is 19.0 Å². The largest absolute Gasteiger partial charge is 0.469 e. The second kappa shape index (κ2) is 10.5. The number of hydrogen-bond donors (Lipinski definition) is 2. The van der Waals surface area contributed by atoms with Crippen LogP contribution in [0.4, 0.5) is 27.7 Å². The number of anilines is 4. The highest BCUT2D eigenvalue weighted by atomic mass is 19.1. The summed E-state index contributed by atoms with van der Waals surface area (Å²) in [5.41, 5.74) is 2.33. The summed E-state index contributed by atoms with van der Waals surface area (Å²) in [5, 5.41) is 15.1. The summed E-state index contributed by atoms with van der Waals surface area (Å²) >= 11 is 0. The van der Waals surface area contributed by atoms with E-state index in [1.165, 1.54) is 12.7 Å². The number of halogens is 1. The predicted molar refractivity (Wildman–Crippen MR) is 141 cm³/mol. The Balaban J connectivity index is 1.38. The molecule has 2 saturated heterocycles. The molecule has 4 heterocycles. The number of hydrogen-bond acceptors (Lipinski definition) is 9. The molecule has 9 nitrogen and oxygen atoms in total. The average Bonchev–Trinajstić information content (AvgIpc) is 2.87. The van der Waals surface area contributed by atoms with Crippen molar-refractivity contribution in [1.82, 2.24) is 15.0 Å². The zero-order valence-corrected chi connectivity index (χ0v) is 21.4. The Labute approximate surface area is 215 Å². The number of fused-ring (bicyclic) bond motifs is 1. The molecule has 2 unspecified atom stereocenters. The molecule has 10 heteroatoms. The smallest absolute Gasteiger partial charge is 0.305 e. The highest BCUT2D eigenvalue weighted by molar-refractivity contribution is 5.98. The van der Waals surface area contributed by atoms with Crippen LogP contribution in [0.15, 0.2) is 36.7 Å². The van der Waals surface area contributed by atoms with Crippen LogP contribution in [0.1, 0.15) is 38.2 Å². The minimum Gasteiger partial charge on any atom is -0.469 e. The minimum absolute atomic E-state index is 0.0658. The van der Waals surface area contributed by atoms with E-state index in [0.717, 1.165) is 29.5 Å². The van der Waals surface area contributed by atoms with Crippen LogP contribution in [-0.2, 0) is 9.53 Å². The minimum atomic E-state index is -1.32. The van der Waals surface area contributed by atoms with Crippen LogP contribution in [0.5, 0.6) is 0 Å². The van der Waals surface area contributed by atoms with Crippen LogP contribution in [0.25, 0.3) is 10.8 Å². The van der Waals surface area contributed by atoms with Crippen molar-refractivity contribution in [3.05, 3.63) is 42.2 Å². The molecule has 0 bridgehead atoms. The van der Waals surface area contributed by atoms with E-state index in [2.05, 4.69) is 51.1 Å². The van der Waals surface area contributed by atoms with E-state index < -0.39 is 12.3 Å². The number of pyridine rings is 1. The summed E-state index contributed by atoms with van der Waals surface area (Å²) in [4.78, 5) is 29.2. The van der Waals surface area contributed by atoms with Crippen molar-refractivity contribution in [3.8, 4) is 0 Å². The Morgan fingerprint density at radius 1 is 1.16 bits per heavy atom. The SMILES string of the molecule is COC(=O)CC1CN(c2ccc(C(C)C)c3cc(Nc4ccnc(N5CCC(O)C(F)C5)n4)ncc23)C1. The first-order chi connectivity index (χ1) is 17.8. The van der Waals surface area contributed by atoms with Crippen molar-refractivity contribution in [3.63, 3.8) is 0 Å². The number of aromatic nitrogens is 3. The van der Waals surface area contributed by atoms with Gasteiger partial charge in [-0.3, -0.25) is 4.79 Å². The third-order valence-corrected chi connectivity index (χ3v) is 7.20. The fourth-order valence-electron chi connectivity index (χ4n) is 5.08. The molecule has 0 saturated carbocycles. The second-order valence-electron chi connectivity index (χ2n) is 10.2. The maximum atomic E-state index is 14.0. The fourth-order valence-corrected chi connectivity index (χ4v) is 5.08. The zero-order valence-electron chi connectivity index (χ0n) is 21.4. The number of esters is 1. The van der Waals surface area contributed by atoms with Crippen LogP contribution in [0, 0.1) is 5.92 Å². The Morgan fingerprint density at radius 2 is 1.97 bits per heavy atom. The molecule has 0 spiro atoms. The molecule has 0 aliphatic carbocycles. The lowest BCUT2D eigenvalue weighted by Crippen LogP contribution is -2.47. The molecule has 2 aliphatic rings. The Bertz CT molecular complexity index is 1280. The standard InChI is InChI=1S/C27H33FN6O3/c1-16(2)18-4-5-22(34-13-17(14-34)10-26(36)37-3)20-12-30-25(11-19(18)20)31-24-6-8-29-27(32-24)33-9-7-23(35)21(28)15-33/h4-6,8,11-12,16-17,21,23,35H,7,9-10,13-15H2,1-3H3,(H,29,30,31,32). The number of carbonyl (C=O) groups is 1. The lowest BCUT2D eigenvalue weighted by Gasteiger charge is -2.41. The first-order valence-electron chi connectivity index (χ1n) is 12.7. The summed E-state index contributed by atoms with van der Waals surface area (Å²) < 4.78 is 18.8. The van der Waals surface area contributed by atoms with Gasteiger partial charge in [0.1, 0.15) is 17.8 Å². The number of ether oxygens (including phenoxy) is 1. The van der Waals surface area contributed by atoms with Gasteiger partial charge in [-0.05, 0) is 41.5 Å². The molecule has 5 rings (SSSR count). The van der Waals surface area contributed by atoms with E-state index in [1.807, 2.05) is 12.3 Å². The van der Waals surface area contributed by atoms with E-state index in [-0.39, 0.29) is 12.5 Å². The normalized spacial score (nSPS) is 20.3. The van der Waals surface area contributed by atoms with Crippen LogP contribution in [-0.4, -0.2) is 71.6 Å². The molecule has 2 N–H and O–H groups in total. The van der Waals surface area contributed by atoms with Gasteiger partial charge in [-0.1, -0.05) is 19.9 Å². The second-order valence-corrected chi connectivity index (χ2v) is 10.2. The molecular weight excluding hydrogens is 475 g/mol. The number of benzene rings is 1. The third-order valence-electron chi connectivity index (χ3n) is 7.20. The molecule has 2 atom stereocenters. The van der Waals surface area contributed by atoms with Crippen molar-refractivity contribution in [2.75, 3.05) is 48.4 Å². The highest BCUT2D eigenvalue weighted by Gasteiger charge is 2.31. The van der Waals surface area contributed by atoms with E-state index in [9.17, 15) is 14.3 Å². The maximum Gasteiger partial charge on any atom is 0.305 e. The highest BCUT2D eigenvalue weighted by Crippen LogP contribution is 2.37. The van der Waals surface area contributed by atoms with Gasteiger partial charge >= 0.3 is 5.97 Å². The number of nitrogens with zero attached hydrogens (tertiary/aromatic N) is 5. The Kier molecular flexibility index (Phi) is 7.10. The number of carbonyl (C=O) groups excluding carboxylic acids is 1. The van der Waals surface area contributed by atoms with Crippen molar-refractivity contribution in [1.29, 1.82) is 0 Å². The van der Waals surface area contributed by atoms with Crippen LogP contribution in [0.3, 0.4) is 0 Å².